The largest absolute Gasteiger partial charge is 0.492 e. The van der Waals surface area contributed by atoms with Crippen LogP contribution < -0.4 is 15.2 Å². The molecule has 1 atom stereocenters. The van der Waals surface area contributed by atoms with Gasteiger partial charge in [-0.3, -0.25) is 9.52 Å². The predicted molar refractivity (Wildman–Crippen MR) is 125 cm³/mol. The summed E-state index contributed by atoms with van der Waals surface area (Å²) in [4.78, 5) is 19.3. The molecule has 1 fully saturated rings. The monoisotopic (exact) mass is 481 g/mol. The molecule has 0 spiro atoms. The number of amides is 1. The van der Waals surface area contributed by atoms with Gasteiger partial charge in [0.15, 0.2) is 11.7 Å². The summed E-state index contributed by atoms with van der Waals surface area (Å²) in [6.45, 7) is 1.56. The minimum atomic E-state index is -3.85. The molecule has 0 bridgehead atoms. The van der Waals surface area contributed by atoms with E-state index in [2.05, 4.69) is 19.2 Å². The number of carbonyl (C=O) groups excluding carboxylic acids is 1. The van der Waals surface area contributed by atoms with E-state index in [1.807, 2.05) is 4.90 Å². The van der Waals surface area contributed by atoms with Gasteiger partial charge in [-0.15, -0.1) is 4.40 Å². The number of ether oxygens (including phenoxy) is 1. The molecule has 12 heteroatoms. The van der Waals surface area contributed by atoms with Crippen molar-refractivity contribution in [1.29, 1.82) is 0 Å². The number of carbonyl (C=O) groups is 1. The third-order valence-corrected chi connectivity index (χ3v) is 6.67. The van der Waals surface area contributed by atoms with E-state index in [-0.39, 0.29) is 17.7 Å². The molecule has 3 N–H and O–H groups in total. The maximum Gasteiger partial charge on any atom is 0.344 e. The quantitative estimate of drug-likeness (QED) is 0.563. The van der Waals surface area contributed by atoms with Gasteiger partial charge in [-0.25, -0.2) is 9.67 Å². The molecular weight excluding hydrogens is 458 g/mol. The van der Waals surface area contributed by atoms with E-state index in [0.29, 0.717) is 48.1 Å². The Balaban J connectivity index is 1.27. The van der Waals surface area contributed by atoms with Crippen LogP contribution in [0, 0.1) is 5.92 Å². The molecule has 0 saturated carbocycles. The number of hydrogen-bond acceptors (Lipinski definition) is 7. The van der Waals surface area contributed by atoms with Crippen molar-refractivity contribution in [3.05, 3.63) is 66.1 Å². The van der Waals surface area contributed by atoms with Crippen LogP contribution in [0.3, 0.4) is 0 Å². The molecule has 0 unspecified atom stereocenters. The first-order valence-corrected chi connectivity index (χ1v) is 12.2. The highest BCUT2D eigenvalue weighted by molar-refractivity contribution is 7.91. The van der Waals surface area contributed by atoms with Crippen LogP contribution in [-0.2, 0) is 10.2 Å². The van der Waals surface area contributed by atoms with Crippen LogP contribution >= 0.6 is 0 Å². The Morgan fingerprint density at radius 1 is 1.24 bits per heavy atom. The highest BCUT2D eigenvalue weighted by Gasteiger charge is 2.27. The molecule has 1 saturated heterocycles. The summed E-state index contributed by atoms with van der Waals surface area (Å²) in [5, 5.41) is 4.17. The zero-order valence-corrected chi connectivity index (χ0v) is 19.0. The van der Waals surface area contributed by atoms with Crippen molar-refractivity contribution in [2.45, 2.75) is 12.8 Å². The normalized spacial score (nSPS) is 19.0. The van der Waals surface area contributed by atoms with Gasteiger partial charge in [0.2, 0.25) is 0 Å². The fourth-order valence-corrected chi connectivity index (χ4v) is 5.04. The number of aromatic nitrogens is 3. The second-order valence-corrected chi connectivity index (χ2v) is 9.49. The summed E-state index contributed by atoms with van der Waals surface area (Å²) >= 11 is 0. The van der Waals surface area contributed by atoms with Crippen LogP contribution in [0.15, 0.2) is 59.4 Å². The van der Waals surface area contributed by atoms with Gasteiger partial charge < -0.3 is 15.4 Å². The number of nitrogens with zero attached hydrogens (tertiary/aromatic N) is 5. The van der Waals surface area contributed by atoms with Crippen LogP contribution in [0.25, 0.3) is 5.82 Å². The highest BCUT2D eigenvalue weighted by atomic mass is 32.2. The summed E-state index contributed by atoms with van der Waals surface area (Å²) in [5.74, 6) is 0.956. The minimum absolute atomic E-state index is 0.0663. The van der Waals surface area contributed by atoms with Crippen LogP contribution in [0.4, 0.5) is 5.69 Å². The van der Waals surface area contributed by atoms with Gasteiger partial charge in [0.1, 0.15) is 5.75 Å². The number of amidine groups is 1. The van der Waals surface area contributed by atoms with Gasteiger partial charge in [0.25, 0.3) is 5.91 Å². The van der Waals surface area contributed by atoms with Gasteiger partial charge in [-0.1, -0.05) is 6.07 Å². The first-order chi connectivity index (χ1) is 16.4. The maximum atomic E-state index is 13.2. The Kier molecular flexibility index (Phi) is 5.65. The Bertz CT molecular complexity index is 1360. The fraction of sp³-hybridized carbons (Fsp3) is 0.273. The fourth-order valence-electron chi connectivity index (χ4n) is 4.19. The Hall–Kier alpha value is -3.93. The van der Waals surface area contributed by atoms with Crippen molar-refractivity contribution >= 4 is 27.6 Å². The molecule has 2 aliphatic rings. The van der Waals surface area contributed by atoms with E-state index in [0.717, 1.165) is 12.8 Å². The van der Waals surface area contributed by atoms with Crippen molar-refractivity contribution in [2.75, 3.05) is 24.4 Å². The molecule has 5 rings (SSSR count). The minimum Gasteiger partial charge on any atom is -0.492 e. The summed E-state index contributed by atoms with van der Waals surface area (Å²) < 4.78 is 37.1. The van der Waals surface area contributed by atoms with Crippen LogP contribution in [0.1, 0.15) is 28.8 Å². The zero-order valence-electron chi connectivity index (χ0n) is 18.2. The van der Waals surface area contributed by atoms with Crippen molar-refractivity contribution < 1.29 is 17.9 Å². The molecule has 176 valence electrons. The van der Waals surface area contributed by atoms with E-state index in [1.54, 1.807) is 59.7 Å². The van der Waals surface area contributed by atoms with E-state index in [9.17, 15) is 13.2 Å². The van der Waals surface area contributed by atoms with Crippen LogP contribution in [-0.4, -0.2) is 59.5 Å². The molecule has 0 aliphatic carbocycles. The number of piperidine rings is 1. The third-order valence-electron chi connectivity index (χ3n) is 5.75. The summed E-state index contributed by atoms with van der Waals surface area (Å²) in [5.41, 5.74) is 7.19. The topological polar surface area (TPSA) is 145 Å². The molecular formula is C22H23N7O4S. The number of hydrogen-bond donors (Lipinski definition) is 2. The smallest absolute Gasteiger partial charge is 0.344 e. The predicted octanol–water partition coefficient (Wildman–Crippen LogP) is 1.57. The lowest BCUT2D eigenvalue weighted by molar-refractivity contribution is 0.0633. The molecule has 4 heterocycles. The van der Waals surface area contributed by atoms with Gasteiger partial charge in [-0.05, 0) is 43.2 Å². The van der Waals surface area contributed by atoms with Gasteiger partial charge in [-0.2, -0.15) is 13.5 Å². The molecule has 1 aromatic carbocycles. The third kappa shape index (κ3) is 4.44. The number of benzene rings is 1. The van der Waals surface area contributed by atoms with E-state index in [4.69, 9.17) is 10.5 Å². The zero-order chi connectivity index (χ0) is 23.7. The van der Waals surface area contributed by atoms with Crippen LogP contribution in [0.5, 0.6) is 5.75 Å². The second kappa shape index (κ2) is 8.78. The lowest BCUT2D eigenvalue weighted by atomic mass is 9.98. The number of anilines is 1. The first-order valence-electron chi connectivity index (χ1n) is 10.8. The SMILES string of the molecule is NC1=NS(=O)(=O)Nc2cccc(OC[C@H]3CCCN(C(=O)c4ccnc(-n5cccn5)c4)C3)c21. The van der Waals surface area contributed by atoms with Crippen LogP contribution in [0.2, 0.25) is 0 Å². The van der Waals surface area contributed by atoms with Gasteiger partial charge in [0.05, 0.1) is 17.9 Å². The molecule has 2 aromatic heterocycles. The summed E-state index contributed by atoms with van der Waals surface area (Å²) in [6, 6.07) is 10.2. The number of likely N-dealkylation sites (tertiary alicyclic amines) is 1. The van der Waals surface area contributed by atoms with Gasteiger partial charge >= 0.3 is 10.2 Å². The average Bonchev–Trinajstić information content (AvgIpc) is 3.37. The lowest BCUT2D eigenvalue weighted by Gasteiger charge is -2.33. The Morgan fingerprint density at radius 3 is 2.94 bits per heavy atom. The number of rotatable bonds is 5. The van der Waals surface area contributed by atoms with Crippen molar-refractivity contribution in [2.24, 2.45) is 16.0 Å². The molecule has 3 aromatic rings. The Morgan fingerprint density at radius 2 is 2.12 bits per heavy atom. The second-order valence-electron chi connectivity index (χ2n) is 8.16. The van der Waals surface area contributed by atoms with Crippen molar-refractivity contribution in [1.82, 2.24) is 19.7 Å². The van der Waals surface area contributed by atoms with E-state index < -0.39 is 10.2 Å². The number of nitrogens with one attached hydrogen (secondary N) is 1. The molecule has 0 radical (unpaired) electrons. The van der Waals surface area contributed by atoms with Crippen molar-refractivity contribution in [3.8, 4) is 11.6 Å². The van der Waals surface area contributed by atoms with E-state index >= 15 is 0 Å². The first kappa shape index (κ1) is 21.9. The van der Waals surface area contributed by atoms with Gasteiger partial charge in [0, 0.05) is 43.2 Å². The Labute approximate surface area is 196 Å². The standard InChI is InChI=1S/C22H23N7O4S/c23-21-20-17(26-34(31,32)27-21)5-1-6-18(20)33-14-15-4-2-10-28(13-15)22(30)16-7-9-24-19(12-16)29-11-3-8-25-29/h1,3,5-9,11-12,15,26H,2,4,10,13-14H2,(H2,23,27)/t15-/m0/s1. The molecule has 2 aliphatic heterocycles. The molecule has 34 heavy (non-hydrogen) atoms. The average molecular weight is 482 g/mol. The number of pyridine rings is 1. The maximum absolute atomic E-state index is 13.2. The van der Waals surface area contributed by atoms with Crippen molar-refractivity contribution in [3.63, 3.8) is 0 Å². The highest BCUT2D eigenvalue weighted by Crippen LogP contribution is 2.31. The summed E-state index contributed by atoms with van der Waals surface area (Å²) in [6.07, 6.45) is 6.80. The summed E-state index contributed by atoms with van der Waals surface area (Å²) in [7, 11) is -3.85. The lowest BCUT2D eigenvalue weighted by Crippen LogP contribution is -2.41. The number of fused-ring (bicyclic) bond motifs is 1. The van der Waals surface area contributed by atoms with E-state index in [1.165, 1.54) is 0 Å². The molecule has 11 nitrogen and oxygen atoms in total. The number of nitrogens with two attached hydrogens (primary N) is 1. The molecule has 1 amide bonds.